The van der Waals surface area contributed by atoms with Gasteiger partial charge >= 0.3 is 0 Å². The van der Waals surface area contributed by atoms with Gasteiger partial charge in [-0.3, -0.25) is 4.98 Å². The summed E-state index contributed by atoms with van der Waals surface area (Å²) in [5, 5.41) is 0.831. The molecule has 1 saturated heterocycles. The van der Waals surface area contributed by atoms with E-state index in [-0.39, 0.29) is 5.54 Å². The molecule has 7 nitrogen and oxygen atoms in total. The van der Waals surface area contributed by atoms with Gasteiger partial charge in [0.25, 0.3) is 0 Å². The lowest BCUT2D eigenvalue weighted by Gasteiger charge is -2.36. The van der Waals surface area contributed by atoms with Gasteiger partial charge in [-0.05, 0) is 31.9 Å². The number of nitrogens with one attached hydrogen (secondary N) is 1. The van der Waals surface area contributed by atoms with Crippen LogP contribution in [0, 0.1) is 0 Å². The van der Waals surface area contributed by atoms with Gasteiger partial charge in [-0.25, -0.2) is 9.97 Å². The van der Waals surface area contributed by atoms with Gasteiger partial charge in [0.2, 0.25) is 5.95 Å². The molecule has 1 aliphatic heterocycles. The lowest BCUT2D eigenvalue weighted by atomic mass is 9.91. The summed E-state index contributed by atoms with van der Waals surface area (Å²) in [5.74, 6) is 0.826. The Labute approximate surface area is 144 Å². The quantitative estimate of drug-likeness (QED) is 0.754. The van der Waals surface area contributed by atoms with Gasteiger partial charge in [-0.15, -0.1) is 0 Å². The fourth-order valence-electron chi connectivity index (χ4n) is 2.72. The zero-order valence-electron chi connectivity index (χ0n) is 13.4. The highest BCUT2D eigenvalue weighted by Gasteiger charge is 2.27. The second-order valence-electron chi connectivity index (χ2n) is 6.37. The third-order valence-electron chi connectivity index (χ3n) is 4.25. The highest BCUT2D eigenvalue weighted by molar-refractivity contribution is 7.99. The van der Waals surface area contributed by atoms with Gasteiger partial charge in [0.05, 0.1) is 6.20 Å². The maximum atomic E-state index is 6.20. The smallest absolute Gasteiger partial charge is 0.206 e. The first-order valence-electron chi connectivity index (χ1n) is 7.94. The van der Waals surface area contributed by atoms with E-state index >= 15 is 0 Å². The van der Waals surface area contributed by atoms with Crippen molar-refractivity contribution in [1.82, 2.24) is 24.9 Å². The van der Waals surface area contributed by atoms with Crippen LogP contribution in [0.5, 0.6) is 0 Å². The van der Waals surface area contributed by atoms with Crippen molar-refractivity contribution < 1.29 is 0 Å². The first-order valence-corrected chi connectivity index (χ1v) is 8.75. The molecule has 124 valence electrons. The Morgan fingerprint density at radius 2 is 1.96 bits per heavy atom. The summed E-state index contributed by atoms with van der Waals surface area (Å²) in [4.78, 5) is 24.2. The molecule has 0 aliphatic carbocycles. The van der Waals surface area contributed by atoms with E-state index in [2.05, 4.69) is 36.7 Å². The number of aromatic amines is 1. The molecule has 3 aromatic heterocycles. The van der Waals surface area contributed by atoms with Crippen molar-refractivity contribution in [3.63, 3.8) is 0 Å². The summed E-state index contributed by atoms with van der Waals surface area (Å²) in [6.07, 6.45) is 7.20. The van der Waals surface area contributed by atoms with E-state index < -0.39 is 0 Å². The van der Waals surface area contributed by atoms with Crippen LogP contribution in [0.1, 0.15) is 19.8 Å². The van der Waals surface area contributed by atoms with Crippen molar-refractivity contribution in [2.75, 3.05) is 18.0 Å². The number of nitrogens with zero attached hydrogens (tertiary/aromatic N) is 5. The van der Waals surface area contributed by atoms with Crippen molar-refractivity contribution in [2.24, 2.45) is 5.73 Å². The molecule has 0 radical (unpaired) electrons. The van der Waals surface area contributed by atoms with E-state index in [9.17, 15) is 0 Å². The molecule has 1 aliphatic rings. The highest BCUT2D eigenvalue weighted by Crippen LogP contribution is 2.27. The van der Waals surface area contributed by atoms with E-state index in [1.807, 2.05) is 12.1 Å². The molecule has 1 fully saturated rings. The maximum Gasteiger partial charge on any atom is 0.206 e. The zero-order valence-corrected chi connectivity index (χ0v) is 14.3. The third-order valence-corrected chi connectivity index (χ3v) is 5.16. The minimum absolute atomic E-state index is 0.0760. The topological polar surface area (TPSA) is 96.6 Å². The number of anilines is 1. The predicted octanol–water partition coefficient (Wildman–Crippen LogP) is 2.22. The molecule has 8 heteroatoms. The number of hydrogen-bond acceptors (Lipinski definition) is 7. The van der Waals surface area contributed by atoms with Gasteiger partial charge in [0.1, 0.15) is 5.03 Å². The standard InChI is InChI=1S/C16H19N7S/c1-16(17)4-8-23(9-5-16)15-21-13-14(22-15)20-12(10-19-13)24-11-2-6-18-7-3-11/h2-3,6-7,10H,4-5,8-9,17H2,1H3,(H,19,20,21,22). The summed E-state index contributed by atoms with van der Waals surface area (Å²) in [6.45, 7) is 3.89. The molecule has 0 aromatic carbocycles. The van der Waals surface area contributed by atoms with E-state index in [1.165, 1.54) is 0 Å². The number of hydrogen-bond donors (Lipinski definition) is 2. The minimum Gasteiger partial charge on any atom is -0.342 e. The zero-order chi connectivity index (χ0) is 16.6. The number of imidazole rings is 1. The van der Waals surface area contributed by atoms with Gasteiger partial charge < -0.3 is 15.6 Å². The van der Waals surface area contributed by atoms with Crippen LogP contribution in [0.15, 0.2) is 40.6 Å². The average molecular weight is 341 g/mol. The fourth-order valence-corrected chi connectivity index (χ4v) is 3.46. The average Bonchev–Trinajstić information content (AvgIpc) is 2.99. The Hall–Kier alpha value is -2.19. The van der Waals surface area contributed by atoms with Crippen LogP contribution in [-0.4, -0.2) is 43.5 Å². The highest BCUT2D eigenvalue weighted by atomic mass is 32.2. The minimum atomic E-state index is -0.0760. The number of rotatable bonds is 3. The molecule has 3 N–H and O–H groups in total. The van der Waals surface area contributed by atoms with E-state index in [0.29, 0.717) is 11.3 Å². The number of aromatic nitrogens is 5. The lowest BCUT2D eigenvalue weighted by molar-refractivity contribution is 0.362. The predicted molar refractivity (Wildman–Crippen MR) is 94.1 cm³/mol. The molecule has 4 rings (SSSR count). The Morgan fingerprint density at radius 1 is 1.21 bits per heavy atom. The van der Waals surface area contributed by atoms with Gasteiger partial charge in [-0.1, -0.05) is 11.8 Å². The van der Waals surface area contributed by atoms with E-state index in [0.717, 1.165) is 41.8 Å². The Morgan fingerprint density at radius 3 is 2.71 bits per heavy atom. The number of H-pyrrole nitrogens is 1. The largest absolute Gasteiger partial charge is 0.342 e. The SMILES string of the molecule is CC1(N)CCN(c2nc3ncc(Sc4ccncc4)nc3[nH]2)CC1. The molecule has 4 heterocycles. The van der Waals surface area contributed by atoms with Gasteiger partial charge in [0.15, 0.2) is 11.3 Å². The molecule has 0 spiro atoms. The van der Waals surface area contributed by atoms with E-state index in [4.69, 9.17) is 5.73 Å². The third kappa shape index (κ3) is 3.20. The molecular formula is C16H19N7S. The molecule has 0 atom stereocenters. The monoisotopic (exact) mass is 341 g/mol. The first kappa shape index (κ1) is 15.3. The summed E-state index contributed by atoms with van der Waals surface area (Å²) >= 11 is 1.56. The van der Waals surface area contributed by atoms with Gasteiger partial charge in [-0.2, -0.15) is 4.98 Å². The second kappa shape index (κ2) is 6.03. The molecule has 0 bridgehead atoms. The maximum absolute atomic E-state index is 6.20. The second-order valence-corrected chi connectivity index (χ2v) is 7.46. The van der Waals surface area contributed by atoms with Crippen LogP contribution < -0.4 is 10.6 Å². The summed E-state index contributed by atoms with van der Waals surface area (Å²) in [5.41, 5.74) is 7.48. The summed E-state index contributed by atoms with van der Waals surface area (Å²) in [6, 6.07) is 3.90. The summed E-state index contributed by atoms with van der Waals surface area (Å²) < 4.78 is 0. The van der Waals surface area contributed by atoms with Crippen molar-refractivity contribution in [3.05, 3.63) is 30.7 Å². The van der Waals surface area contributed by atoms with Crippen molar-refractivity contribution in [3.8, 4) is 0 Å². The number of nitrogens with two attached hydrogens (primary N) is 1. The Balaban J connectivity index is 1.55. The van der Waals surface area contributed by atoms with Crippen LogP contribution >= 0.6 is 11.8 Å². The molecule has 0 saturated carbocycles. The van der Waals surface area contributed by atoms with Crippen molar-refractivity contribution in [2.45, 2.75) is 35.2 Å². The first-order chi connectivity index (χ1) is 11.6. The summed E-state index contributed by atoms with van der Waals surface area (Å²) in [7, 11) is 0. The van der Waals surface area contributed by atoms with Crippen molar-refractivity contribution >= 4 is 29.0 Å². The molecule has 24 heavy (non-hydrogen) atoms. The lowest BCUT2D eigenvalue weighted by Crippen LogP contribution is -2.48. The number of piperidine rings is 1. The number of fused-ring (bicyclic) bond motifs is 1. The Bertz CT molecular complexity index is 836. The van der Waals surface area contributed by atoms with Crippen LogP contribution in [0.25, 0.3) is 11.3 Å². The van der Waals surface area contributed by atoms with Crippen LogP contribution in [-0.2, 0) is 0 Å². The van der Waals surface area contributed by atoms with Crippen LogP contribution in [0.3, 0.4) is 0 Å². The molecular weight excluding hydrogens is 322 g/mol. The van der Waals surface area contributed by atoms with Gasteiger partial charge in [0, 0.05) is 35.9 Å². The van der Waals surface area contributed by atoms with Crippen LogP contribution in [0.4, 0.5) is 5.95 Å². The molecule has 0 amide bonds. The Kier molecular flexibility index (Phi) is 3.85. The normalized spacial score (nSPS) is 17.3. The number of pyridine rings is 1. The van der Waals surface area contributed by atoms with E-state index in [1.54, 1.807) is 30.4 Å². The fraction of sp³-hybridized carbons (Fsp3) is 0.375. The van der Waals surface area contributed by atoms with Crippen LogP contribution in [0.2, 0.25) is 0 Å². The molecule has 3 aromatic rings. The van der Waals surface area contributed by atoms with Crippen molar-refractivity contribution in [1.29, 1.82) is 0 Å². The molecule has 0 unspecified atom stereocenters.